The third kappa shape index (κ3) is 8.92. The van der Waals surface area contributed by atoms with E-state index < -0.39 is 0 Å². The van der Waals surface area contributed by atoms with Gasteiger partial charge in [-0.3, -0.25) is 4.57 Å². The third-order valence-electron chi connectivity index (χ3n) is 18.6. The lowest BCUT2D eigenvalue weighted by atomic mass is 9.98. The van der Waals surface area contributed by atoms with Crippen LogP contribution in [0.1, 0.15) is 11.1 Å². The molecule has 20 rings (SSSR count). The molecule has 0 fully saturated rings. The number of fused-ring (bicyclic) bond motifs is 20. The lowest BCUT2D eigenvalue weighted by Crippen LogP contribution is -2.03. The first-order chi connectivity index (χ1) is 45.0. The standard InChI is InChI=1S/C42H25N3.C22H13ClN2.C21H14/c1-2-12-29-25-39-37(24-28(29)11-1)35-22-19-27-10-4-6-14-34(27)41(35)45(39)42-43-38-16-8-7-15-36(38)40(44-42)31-20-21-33-30(23-31)18-17-26-9-3-5-13-32(26)33;23-22-24-20-8-4-3-7-19(20)21(25-22)16-11-12-18-15(13-16)10-9-14-5-1-2-6-17(14)18;1-2-7-16-12-20-17(11-15(16)6-1)13-21-18-8-4-3-5-14(18)9-10-19(20)21/h1-25H;1-13H;1-12H,13H2. The largest absolute Gasteiger partial charge is 0.277 e. The molecule has 1 aliphatic carbocycles. The second kappa shape index (κ2) is 21.3. The van der Waals surface area contributed by atoms with E-state index in [1.165, 1.54) is 119 Å². The van der Waals surface area contributed by atoms with E-state index in [-0.39, 0.29) is 5.28 Å². The number of nitrogens with zero attached hydrogens (tertiary/aromatic N) is 5. The van der Waals surface area contributed by atoms with Crippen LogP contribution in [0.3, 0.4) is 0 Å². The number of rotatable bonds is 3. The summed E-state index contributed by atoms with van der Waals surface area (Å²) < 4.78 is 2.28. The van der Waals surface area contributed by atoms with E-state index in [9.17, 15) is 0 Å². The van der Waals surface area contributed by atoms with E-state index in [0.29, 0.717) is 5.95 Å². The quantitative estimate of drug-likeness (QED) is 0.131. The van der Waals surface area contributed by atoms with Crippen LogP contribution in [-0.4, -0.2) is 24.5 Å². The molecule has 424 valence electrons. The van der Waals surface area contributed by atoms with Gasteiger partial charge in [0.2, 0.25) is 11.2 Å². The fourth-order valence-corrected chi connectivity index (χ4v) is 14.5. The molecule has 91 heavy (non-hydrogen) atoms. The smallest absolute Gasteiger partial charge is 0.235 e. The first kappa shape index (κ1) is 52.5. The number of benzene rings is 16. The summed E-state index contributed by atoms with van der Waals surface area (Å²) in [4.78, 5) is 19.5. The van der Waals surface area contributed by atoms with Gasteiger partial charge in [-0.05, 0) is 164 Å². The summed E-state index contributed by atoms with van der Waals surface area (Å²) in [6.07, 6.45) is 1.05. The molecule has 5 nitrogen and oxygen atoms in total. The van der Waals surface area contributed by atoms with Crippen LogP contribution in [0.25, 0.3) is 169 Å². The van der Waals surface area contributed by atoms with Gasteiger partial charge in [-0.15, -0.1) is 0 Å². The van der Waals surface area contributed by atoms with Gasteiger partial charge >= 0.3 is 0 Å². The van der Waals surface area contributed by atoms with E-state index >= 15 is 0 Å². The second-order valence-electron chi connectivity index (χ2n) is 23.8. The van der Waals surface area contributed by atoms with Gasteiger partial charge < -0.3 is 0 Å². The molecule has 0 aliphatic heterocycles. The summed E-state index contributed by atoms with van der Waals surface area (Å²) >= 11 is 6.15. The molecule has 1 aliphatic rings. The molecular formula is C85H52ClN5. The summed E-state index contributed by atoms with van der Waals surface area (Å²) in [5.41, 5.74) is 13.7. The van der Waals surface area contributed by atoms with Gasteiger partial charge in [0.05, 0.1) is 33.5 Å². The Balaban J connectivity index is 0.000000112. The van der Waals surface area contributed by atoms with Crippen molar-refractivity contribution in [3.05, 3.63) is 320 Å². The van der Waals surface area contributed by atoms with Crippen LogP contribution in [0.15, 0.2) is 303 Å². The van der Waals surface area contributed by atoms with Crippen LogP contribution in [0, 0.1) is 0 Å². The van der Waals surface area contributed by atoms with E-state index in [0.717, 1.165) is 61.8 Å². The lowest BCUT2D eigenvalue weighted by molar-refractivity contribution is 1.02. The van der Waals surface area contributed by atoms with Crippen LogP contribution in [-0.2, 0) is 6.42 Å². The summed E-state index contributed by atoms with van der Waals surface area (Å²) in [6.45, 7) is 0. The highest BCUT2D eigenvalue weighted by Crippen LogP contribution is 2.44. The maximum Gasteiger partial charge on any atom is 0.235 e. The molecule has 19 aromatic rings. The molecular weight excluding hydrogens is 1130 g/mol. The van der Waals surface area contributed by atoms with Crippen molar-refractivity contribution in [2.75, 3.05) is 0 Å². The van der Waals surface area contributed by atoms with Crippen molar-refractivity contribution in [2.24, 2.45) is 0 Å². The highest BCUT2D eigenvalue weighted by molar-refractivity contribution is 6.29. The fourth-order valence-electron chi connectivity index (χ4n) is 14.3. The number of hydrogen-bond acceptors (Lipinski definition) is 4. The van der Waals surface area contributed by atoms with Gasteiger partial charge in [0.25, 0.3) is 0 Å². The van der Waals surface area contributed by atoms with E-state index in [4.69, 9.17) is 21.6 Å². The second-order valence-corrected chi connectivity index (χ2v) is 24.1. The Labute approximate surface area is 528 Å². The topological polar surface area (TPSA) is 56.5 Å². The highest BCUT2D eigenvalue weighted by Gasteiger charge is 2.23. The fraction of sp³-hybridized carbons (Fsp3) is 0.0118. The number of hydrogen-bond donors (Lipinski definition) is 0. The van der Waals surface area contributed by atoms with Crippen LogP contribution >= 0.6 is 11.6 Å². The van der Waals surface area contributed by atoms with E-state index in [1.807, 2.05) is 24.3 Å². The Hall–Kier alpha value is -11.6. The minimum atomic E-state index is 0.271. The normalized spacial score (nSPS) is 12.0. The van der Waals surface area contributed by atoms with Crippen LogP contribution in [0.5, 0.6) is 0 Å². The molecule has 0 N–H and O–H groups in total. The first-order valence-electron chi connectivity index (χ1n) is 30.9. The average molecular weight is 1180 g/mol. The highest BCUT2D eigenvalue weighted by atomic mass is 35.5. The Morgan fingerprint density at radius 3 is 1.33 bits per heavy atom. The number of aromatic nitrogens is 5. The maximum atomic E-state index is 6.15. The van der Waals surface area contributed by atoms with Gasteiger partial charge in [0, 0.05) is 38.1 Å². The zero-order chi connectivity index (χ0) is 60.1. The maximum absolute atomic E-state index is 6.15. The van der Waals surface area contributed by atoms with Gasteiger partial charge in [-0.2, -0.15) is 0 Å². The molecule has 0 spiro atoms. The van der Waals surface area contributed by atoms with Crippen molar-refractivity contribution in [1.82, 2.24) is 24.5 Å². The monoisotopic (exact) mass is 1180 g/mol. The summed E-state index contributed by atoms with van der Waals surface area (Å²) in [7, 11) is 0. The Kier molecular flexibility index (Phi) is 12.3. The van der Waals surface area contributed by atoms with Gasteiger partial charge in [0.15, 0.2) is 0 Å². The average Bonchev–Trinajstić information content (AvgIpc) is 1.61. The molecule has 0 bridgehead atoms. The van der Waals surface area contributed by atoms with Crippen molar-refractivity contribution in [3.63, 3.8) is 0 Å². The summed E-state index contributed by atoms with van der Waals surface area (Å²) in [6, 6.07) is 108. The molecule has 0 radical (unpaired) electrons. The minimum Gasteiger partial charge on any atom is -0.277 e. The Bertz CT molecular complexity index is 6230. The molecule has 3 aromatic heterocycles. The van der Waals surface area contributed by atoms with Gasteiger partial charge in [-0.1, -0.05) is 261 Å². The lowest BCUT2D eigenvalue weighted by Gasteiger charge is -2.13. The first-order valence-corrected chi connectivity index (χ1v) is 31.3. The van der Waals surface area contributed by atoms with Crippen LogP contribution in [0.4, 0.5) is 0 Å². The molecule has 0 amide bonds. The zero-order valence-electron chi connectivity index (χ0n) is 49.2. The minimum absolute atomic E-state index is 0.271. The molecule has 3 heterocycles. The Morgan fingerprint density at radius 2 is 0.703 bits per heavy atom. The predicted molar refractivity (Wildman–Crippen MR) is 384 cm³/mol. The SMILES string of the molecule is Clc1nc(-c2ccc3c(ccc4ccccc43)c2)c2ccccc2n1.c1ccc2cc3c(cc2c1)Cc1c-3ccc2ccccc12.c1ccc2cc3c(cc2c1)c1ccc2ccccc2c1n3-c1nc(-c2ccc3c(ccc4ccccc43)c2)c2ccccc2n1. The summed E-state index contributed by atoms with van der Waals surface area (Å²) in [5, 5.41) is 24.8. The summed E-state index contributed by atoms with van der Waals surface area (Å²) in [5.74, 6) is 0.675. The van der Waals surface area contributed by atoms with Crippen molar-refractivity contribution < 1.29 is 0 Å². The van der Waals surface area contributed by atoms with Crippen molar-refractivity contribution in [1.29, 1.82) is 0 Å². The molecule has 6 heteroatoms. The molecule has 0 saturated carbocycles. The molecule has 16 aromatic carbocycles. The van der Waals surface area contributed by atoms with Gasteiger partial charge in [-0.25, -0.2) is 19.9 Å². The van der Waals surface area contributed by atoms with Crippen LogP contribution < -0.4 is 0 Å². The van der Waals surface area contributed by atoms with Gasteiger partial charge in [0.1, 0.15) is 0 Å². The Morgan fingerprint density at radius 1 is 0.275 bits per heavy atom. The molecule has 0 saturated heterocycles. The molecule has 0 atom stereocenters. The van der Waals surface area contributed by atoms with Crippen molar-refractivity contribution in [2.45, 2.75) is 6.42 Å². The predicted octanol–water partition coefficient (Wildman–Crippen LogP) is 22.8. The van der Waals surface area contributed by atoms with Crippen LogP contribution in [0.2, 0.25) is 5.28 Å². The van der Waals surface area contributed by atoms with Crippen molar-refractivity contribution >= 4 is 141 Å². The number of para-hydroxylation sites is 2. The van der Waals surface area contributed by atoms with Crippen molar-refractivity contribution in [3.8, 4) is 39.6 Å². The number of halogens is 1. The molecule has 0 unspecified atom stereocenters. The zero-order valence-corrected chi connectivity index (χ0v) is 49.9. The van der Waals surface area contributed by atoms with E-state index in [2.05, 4.69) is 294 Å². The van der Waals surface area contributed by atoms with E-state index in [1.54, 1.807) is 0 Å². The third-order valence-corrected chi connectivity index (χ3v) is 18.8.